The molecule has 0 saturated heterocycles. The van der Waals surface area contributed by atoms with Crippen LogP contribution in [0.4, 0.5) is 10.1 Å². The van der Waals surface area contributed by atoms with Crippen LogP contribution in [-0.2, 0) is 9.63 Å². The first-order valence-corrected chi connectivity index (χ1v) is 6.91. The molecule has 7 heteroatoms. The summed E-state index contributed by atoms with van der Waals surface area (Å²) < 4.78 is 13.8. The fourth-order valence-electron chi connectivity index (χ4n) is 2.10. The maximum absolute atomic E-state index is 13.8. The van der Waals surface area contributed by atoms with E-state index in [1.165, 1.54) is 18.3 Å². The minimum Gasteiger partial charge on any atom is -0.382 e. The molecule has 5 nitrogen and oxygen atoms in total. The van der Waals surface area contributed by atoms with Crippen molar-refractivity contribution in [2.24, 2.45) is 5.16 Å². The lowest BCUT2D eigenvalue weighted by Crippen LogP contribution is -2.28. The second-order valence-corrected chi connectivity index (χ2v) is 5.07. The Labute approximate surface area is 130 Å². The van der Waals surface area contributed by atoms with Gasteiger partial charge in [-0.15, -0.1) is 0 Å². The minimum atomic E-state index is -0.828. The van der Waals surface area contributed by atoms with Crippen LogP contribution in [0.2, 0.25) is 5.02 Å². The molecule has 0 radical (unpaired) electrons. The van der Waals surface area contributed by atoms with E-state index in [9.17, 15) is 9.18 Å². The van der Waals surface area contributed by atoms with Crippen LogP contribution in [-0.4, -0.2) is 22.7 Å². The van der Waals surface area contributed by atoms with Gasteiger partial charge in [0.15, 0.2) is 0 Å². The molecule has 0 bridgehead atoms. The van der Waals surface area contributed by atoms with Crippen LogP contribution in [0.1, 0.15) is 12.0 Å². The zero-order valence-corrected chi connectivity index (χ0v) is 12.0. The van der Waals surface area contributed by atoms with Gasteiger partial charge in [-0.1, -0.05) is 22.8 Å². The van der Waals surface area contributed by atoms with Crippen LogP contribution in [0.25, 0.3) is 0 Å². The number of amides is 1. The number of hydrogen-bond donors (Lipinski definition) is 1. The monoisotopic (exact) mass is 319 g/mol. The molecule has 2 aromatic rings. The Bertz CT molecular complexity index is 717. The molecular formula is C15H11ClFN3O2. The molecule has 0 aliphatic carbocycles. The standard InChI is InChI=1S/C15H11ClFN3O2/c16-10-4-1-5-11(17)14(10)12-7-13(22-20-12)15(21)19-9-3-2-6-18-8-9/h1-6,8,13H,7H2,(H,19,21)/t13-/m1/s1. The van der Waals surface area contributed by atoms with Gasteiger partial charge in [0, 0.05) is 12.6 Å². The smallest absolute Gasteiger partial charge is 0.268 e. The number of oxime groups is 1. The quantitative estimate of drug-likeness (QED) is 0.946. The predicted octanol–water partition coefficient (Wildman–Crippen LogP) is 3.01. The molecule has 0 saturated carbocycles. The normalized spacial score (nSPS) is 16.8. The summed E-state index contributed by atoms with van der Waals surface area (Å²) in [4.78, 5) is 21.1. The summed E-state index contributed by atoms with van der Waals surface area (Å²) in [5.74, 6) is -0.873. The van der Waals surface area contributed by atoms with Gasteiger partial charge >= 0.3 is 0 Å². The molecule has 22 heavy (non-hydrogen) atoms. The highest BCUT2D eigenvalue weighted by atomic mass is 35.5. The molecule has 1 atom stereocenters. The summed E-state index contributed by atoms with van der Waals surface area (Å²) in [7, 11) is 0. The highest BCUT2D eigenvalue weighted by Crippen LogP contribution is 2.25. The van der Waals surface area contributed by atoms with E-state index in [-0.39, 0.29) is 22.9 Å². The Morgan fingerprint density at radius 3 is 2.95 bits per heavy atom. The van der Waals surface area contributed by atoms with E-state index in [1.54, 1.807) is 24.4 Å². The summed E-state index contributed by atoms with van der Waals surface area (Å²) in [6.07, 6.45) is 2.43. The summed E-state index contributed by atoms with van der Waals surface area (Å²) in [6.45, 7) is 0. The van der Waals surface area contributed by atoms with Crippen molar-refractivity contribution in [3.05, 3.63) is 59.1 Å². The number of nitrogens with zero attached hydrogens (tertiary/aromatic N) is 2. The lowest BCUT2D eigenvalue weighted by Gasteiger charge is -2.09. The fraction of sp³-hybridized carbons (Fsp3) is 0.133. The van der Waals surface area contributed by atoms with E-state index < -0.39 is 11.9 Å². The number of aromatic nitrogens is 1. The molecule has 1 aromatic carbocycles. The van der Waals surface area contributed by atoms with Crippen LogP contribution >= 0.6 is 11.6 Å². The third kappa shape index (κ3) is 2.92. The summed E-state index contributed by atoms with van der Waals surface area (Å²) in [6, 6.07) is 7.75. The van der Waals surface area contributed by atoms with Gasteiger partial charge in [-0.25, -0.2) is 4.39 Å². The first-order valence-electron chi connectivity index (χ1n) is 6.53. The number of nitrogens with one attached hydrogen (secondary N) is 1. The molecule has 1 aliphatic rings. The molecule has 0 spiro atoms. The van der Waals surface area contributed by atoms with Crippen molar-refractivity contribution in [3.63, 3.8) is 0 Å². The zero-order valence-electron chi connectivity index (χ0n) is 11.3. The average Bonchev–Trinajstić information content (AvgIpc) is 2.98. The van der Waals surface area contributed by atoms with Crippen LogP contribution in [0, 0.1) is 5.82 Å². The number of anilines is 1. The average molecular weight is 320 g/mol. The summed E-state index contributed by atoms with van der Waals surface area (Å²) >= 11 is 5.98. The van der Waals surface area contributed by atoms with Gasteiger partial charge in [0.2, 0.25) is 6.10 Å². The van der Waals surface area contributed by atoms with E-state index in [1.807, 2.05) is 0 Å². The van der Waals surface area contributed by atoms with Crippen LogP contribution < -0.4 is 5.32 Å². The molecule has 0 fully saturated rings. The largest absolute Gasteiger partial charge is 0.382 e. The molecule has 1 aromatic heterocycles. The van der Waals surface area contributed by atoms with Crippen molar-refractivity contribution in [2.75, 3.05) is 5.32 Å². The Kier molecular flexibility index (Phi) is 4.02. The van der Waals surface area contributed by atoms with Crippen LogP contribution in [0.3, 0.4) is 0 Å². The number of hydrogen-bond acceptors (Lipinski definition) is 4. The lowest BCUT2D eigenvalue weighted by atomic mass is 10.0. The number of benzene rings is 1. The SMILES string of the molecule is O=C(Nc1cccnc1)[C@H]1CC(c2c(F)cccc2Cl)=NO1. The van der Waals surface area contributed by atoms with E-state index in [2.05, 4.69) is 15.5 Å². The van der Waals surface area contributed by atoms with Gasteiger partial charge < -0.3 is 10.2 Å². The van der Waals surface area contributed by atoms with E-state index in [0.717, 1.165) is 0 Å². The lowest BCUT2D eigenvalue weighted by molar-refractivity contribution is -0.125. The van der Waals surface area contributed by atoms with Crippen molar-refractivity contribution in [1.29, 1.82) is 0 Å². The number of carbonyl (C=O) groups is 1. The number of pyridine rings is 1. The maximum atomic E-state index is 13.8. The number of rotatable bonds is 3. The van der Waals surface area contributed by atoms with Gasteiger partial charge in [0.1, 0.15) is 5.82 Å². The Morgan fingerprint density at radius 1 is 1.36 bits per heavy atom. The predicted molar refractivity (Wildman–Crippen MR) is 80.3 cm³/mol. The maximum Gasteiger partial charge on any atom is 0.268 e. The molecular weight excluding hydrogens is 309 g/mol. The first kappa shape index (κ1) is 14.5. The Hall–Kier alpha value is -2.47. The van der Waals surface area contributed by atoms with E-state index >= 15 is 0 Å². The van der Waals surface area contributed by atoms with Gasteiger partial charge in [-0.05, 0) is 24.3 Å². The third-order valence-electron chi connectivity index (χ3n) is 3.14. The zero-order chi connectivity index (χ0) is 15.5. The summed E-state index contributed by atoms with van der Waals surface area (Å²) in [5, 5.41) is 6.68. The van der Waals surface area contributed by atoms with Crippen molar-refractivity contribution in [2.45, 2.75) is 12.5 Å². The highest BCUT2D eigenvalue weighted by Gasteiger charge is 2.31. The highest BCUT2D eigenvalue weighted by molar-refractivity contribution is 6.34. The molecule has 1 aliphatic heterocycles. The molecule has 112 valence electrons. The molecule has 0 unspecified atom stereocenters. The molecule has 3 rings (SSSR count). The van der Waals surface area contributed by atoms with E-state index in [4.69, 9.17) is 16.4 Å². The van der Waals surface area contributed by atoms with Crippen molar-refractivity contribution in [3.8, 4) is 0 Å². The Morgan fingerprint density at radius 2 is 2.23 bits per heavy atom. The molecule has 2 heterocycles. The van der Waals surface area contributed by atoms with E-state index in [0.29, 0.717) is 11.4 Å². The molecule has 1 N–H and O–H groups in total. The van der Waals surface area contributed by atoms with Gasteiger partial charge in [0.05, 0.1) is 28.2 Å². The number of carbonyl (C=O) groups excluding carboxylic acids is 1. The minimum absolute atomic E-state index is 0.146. The van der Waals surface area contributed by atoms with Crippen LogP contribution in [0.15, 0.2) is 47.9 Å². The third-order valence-corrected chi connectivity index (χ3v) is 3.46. The fourth-order valence-corrected chi connectivity index (χ4v) is 2.37. The Balaban J connectivity index is 1.70. The second kappa shape index (κ2) is 6.11. The number of halogens is 2. The topological polar surface area (TPSA) is 63.6 Å². The summed E-state index contributed by atoms with van der Waals surface area (Å²) in [5.41, 5.74) is 1.03. The van der Waals surface area contributed by atoms with Crippen molar-refractivity contribution < 1.29 is 14.0 Å². The second-order valence-electron chi connectivity index (χ2n) is 4.66. The van der Waals surface area contributed by atoms with Crippen molar-refractivity contribution >= 4 is 28.9 Å². The van der Waals surface area contributed by atoms with Gasteiger partial charge in [0.25, 0.3) is 5.91 Å². The van der Waals surface area contributed by atoms with Crippen molar-refractivity contribution in [1.82, 2.24) is 4.98 Å². The van der Waals surface area contributed by atoms with Crippen LogP contribution in [0.5, 0.6) is 0 Å². The van der Waals surface area contributed by atoms with Gasteiger partial charge in [-0.3, -0.25) is 9.78 Å². The van der Waals surface area contributed by atoms with Gasteiger partial charge in [-0.2, -0.15) is 0 Å². The molecule has 1 amide bonds. The first-order chi connectivity index (χ1) is 10.6.